The third-order valence-electron chi connectivity index (χ3n) is 3.68. The minimum absolute atomic E-state index is 0.0929. The summed E-state index contributed by atoms with van der Waals surface area (Å²) in [6, 6.07) is 12.5. The van der Waals surface area contributed by atoms with Gasteiger partial charge >= 0.3 is 5.97 Å². The van der Waals surface area contributed by atoms with Crippen molar-refractivity contribution in [2.75, 3.05) is 6.79 Å². The normalized spacial score (nSPS) is 12.2. The molecule has 0 fully saturated rings. The number of carbonyl (C=O) groups excluding carboxylic acids is 1. The zero-order valence-electron chi connectivity index (χ0n) is 13.4. The summed E-state index contributed by atoms with van der Waals surface area (Å²) in [6.07, 6.45) is 0. The van der Waals surface area contributed by atoms with Crippen molar-refractivity contribution >= 4 is 5.97 Å². The van der Waals surface area contributed by atoms with Crippen LogP contribution in [0.15, 0.2) is 47.0 Å². The summed E-state index contributed by atoms with van der Waals surface area (Å²) in [4.78, 5) is 16.3. The molecule has 0 saturated heterocycles. The fraction of sp³-hybridized carbons (Fsp3) is 0.167. The number of rotatable bonds is 4. The first-order valence-corrected chi connectivity index (χ1v) is 7.65. The highest BCUT2D eigenvalue weighted by Crippen LogP contribution is 2.35. The van der Waals surface area contributed by atoms with Crippen LogP contribution in [0.1, 0.15) is 21.8 Å². The molecule has 0 aliphatic carbocycles. The quantitative estimate of drug-likeness (QED) is 0.676. The van der Waals surface area contributed by atoms with Gasteiger partial charge in [0, 0.05) is 5.56 Å². The van der Waals surface area contributed by atoms with Crippen LogP contribution < -0.4 is 9.47 Å². The highest BCUT2D eigenvalue weighted by atomic mass is 16.7. The van der Waals surface area contributed by atoms with Gasteiger partial charge in [-0.05, 0) is 37.3 Å². The predicted molar refractivity (Wildman–Crippen MR) is 86.2 cm³/mol. The largest absolute Gasteiger partial charge is 0.454 e. The van der Waals surface area contributed by atoms with Crippen molar-refractivity contribution in [1.82, 2.24) is 10.1 Å². The Labute approximate surface area is 143 Å². The van der Waals surface area contributed by atoms with Crippen LogP contribution in [0.3, 0.4) is 0 Å². The van der Waals surface area contributed by atoms with E-state index in [1.807, 2.05) is 13.0 Å². The number of hydrogen-bond acceptors (Lipinski definition) is 7. The van der Waals surface area contributed by atoms with Crippen LogP contribution in [0.25, 0.3) is 11.4 Å². The molecule has 0 amide bonds. The first-order chi connectivity index (χ1) is 12.2. The molecule has 2 heterocycles. The number of carbonyl (C=O) groups is 1. The van der Waals surface area contributed by atoms with Crippen LogP contribution in [0.5, 0.6) is 11.5 Å². The zero-order chi connectivity index (χ0) is 17.2. The number of ether oxygens (including phenoxy) is 3. The average Bonchev–Trinajstić information content (AvgIpc) is 3.28. The Kier molecular flexibility index (Phi) is 3.81. The number of aromatic nitrogens is 2. The van der Waals surface area contributed by atoms with Crippen LogP contribution in [0, 0.1) is 6.92 Å². The van der Waals surface area contributed by atoms with E-state index in [0.717, 1.165) is 11.1 Å². The topological polar surface area (TPSA) is 83.7 Å². The SMILES string of the molecule is Cc1cccc(C(=O)OCc2nc(-c3ccc4c(c3)OCO4)no2)c1. The summed E-state index contributed by atoms with van der Waals surface area (Å²) >= 11 is 0. The van der Waals surface area contributed by atoms with E-state index in [1.165, 1.54) is 0 Å². The molecule has 7 nitrogen and oxygen atoms in total. The van der Waals surface area contributed by atoms with Gasteiger partial charge in [0.2, 0.25) is 12.6 Å². The number of esters is 1. The third-order valence-corrected chi connectivity index (χ3v) is 3.68. The van der Waals surface area contributed by atoms with E-state index in [2.05, 4.69) is 10.1 Å². The van der Waals surface area contributed by atoms with Crippen molar-refractivity contribution in [3.8, 4) is 22.9 Å². The minimum Gasteiger partial charge on any atom is -0.454 e. The van der Waals surface area contributed by atoms with Gasteiger partial charge < -0.3 is 18.7 Å². The van der Waals surface area contributed by atoms with Crippen molar-refractivity contribution in [3.05, 3.63) is 59.5 Å². The molecular weight excluding hydrogens is 324 g/mol. The molecule has 0 radical (unpaired) electrons. The lowest BCUT2D eigenvalue weighted by atomic mass is 10.1. The second-order valence-electron chi connectivity index (χ2n) is 5.53. The van der Waals surface area contributed by atoms with Crippen LogP contribution in [-0.4, -0.2) is 22.9 Å². The molecule has 4 rings (SSSR count). The number of benzene rings is 2. The molecule has 25 heavy (non-hydrogen) atoms. The van der Waals surface area contributed by atoms with E-state index in [-0.39, 0.29) is 19.3 Å². The Morgan fingerprint density at radius 2 is 2.04 bits per heavy atom. The molecule has 2 aromatic carbocycles. The molecule has 0 unspecified atom stereocenters. The van der Waals surface area contributed by atoms with E-state index in [9.17, 15) is 4.79 Å². The van der Waals surface area contributed by atoms with Crippen LogP contribution in [0.4, 0.5) is 0 Å². The highest BCUT2D eigenvalue weighted by Gasteiger charge is 2.17. The maximum absolute atomic E-state index is 12.0. The van der Waals surface area contributed by atoms with Crippen LogP contribution in [0.2, 0.25) is 0 Å². The summed E-state index contributed by atoms with van der Waals surface area (Å²) in [5, 5.41) is 3.90. The fourth-order valence-corrected chi connectivity index (χ4v) is 2.45. The summed E-state index contributed by atoms with van der Waals surface area (Å²) in [5.74, 6) is 1.48. The molecule has 0 spiro atoms. The molecule has 1 aromatic heterocycles. The van der Waals surface area contributed by atoms with Gasteiger partial charge in [-0.1, -0.05) is 22.9 Å². The van der Waals surface area contributed by atoms with Gasteiger partial charge in [-0.2, -0.15) is 4.98 Å². The molecule has 0 atom stereocenters. The summed E-state index contributed by atoms with van der Waals surface area (Å²) in [6.45, 7) is 2.02. The molecular formula is C18H14N2O5. The van der Waals surface area contributed by atoms with E-state index >= 15 is 0 Å². The average molecular weight is 338 g/mol. The van der Waals surface area contributed by atoms with Crippen molar-refractivity contribution in [2.45, 2.75) is 13.5 Å². The minimum atomic E-state index is -0.438. The van der Waals surface area contributed by atoms with Gasteiger partial charge in [-0.25, -0.2) is 4.79 Å². The monoisotopic (exact) mass is 338 g/mol. The summed E-state index contributed by atoms with van der Waals surface area (Å²) < 4.78 is 20.9. The molecule has 1 aliphatic rings. The summed E-state index contributed by atoms with van der Waals surface area (Å²) in [7, 11) is 0. The van der Waals surface area contributed by atoms with Gasteiger partial charge in [0.15, 0.2) is 18.1 Å². The number of nitrogens with zero attached hydrogens (tertiary/aromatic N) is 2. The predicted octanol–water partition coefficient (Wildman–Crippen LogP) is 3.13. The van der Waals surface area contributed by atoms with Gasteiger partial charge in [-0.3, -0.25) is 0 Å². The molecule has 126 valence electrons. The fourth-order valence-electron chi connectivity index (χ4n) is 2.45. The van der Waals surface area contributed by atoms with E-state index in [4.69, 9.17) is 18.7 Å². The second-order valence-corrected chi connectivity index (χ2v) is 5.53. The molecule has 1 aliphatic heterocycles. The Hall–Kier alpha value is -3.35. The van der Waals surface area contributed by atoms with Gasteiger partial charge in [0.25, 0.3) is 5.89 Å². The zero-order valence-corrected chi connectivity index (χ0v) is 13.4. The molecule has 0 saturated carbocycles. The number of fused-ring (bicyclic) bond motifs is 1. The first-order valence-electron chi connectivity index (χ1n) is 7.65. The Bertz CT molecular complexity index is 935. The Morgan fingerprint density at radius 3 is 2.92 bits per heavy atom. The van der Waals surface area contributed by atoms with Crippen LogP contribution >= 0.6 is 0 Å². The van der Waals surface area contributed by atoms with Gasteiger partial charge in [0.1, 0.15) is 0 Å². The molecule has 0 bridgehead atoms. The van der Waals surface area contributed by atoms with Crippen molar-refractivity contribution < 1.29 is 23.5 Å². The van der Waals surface area contributed by atoms with E-state index < -0.39 is 5.97 Å². The van der Waals surface area contributed by atoms with E-state index in [0.29, 0.717) is 22.9 Å². The van der Waals surface area contributed by atoms with Crippen LogP contribution in [-0.2, 0) is 11.3 Å². The highest BCUT2D eigenvalue weighted by molar-refractivity contribution is 5.89. The third kappa shape index (κ3) is 3.16. The molecule has 0 N–H and O–H groups in total. The van der Waals surface area contributed by atoms with Gasteiger partial charge in [0.05, 0.1) is 5.56 Å². The summed E-state index contributed by atoms with van der Waals surface area (Å²) in [5.41, 5.74) is 2.19. The Morgan fingerprint density at radius 1 is 1.16 bits per heavy atom. The lowest BCUT2D eigenvalue weighted by Gasteiger charge is -2.02. The standard InChI is InChI=1S/C18H14N2O5/c1-11-3-2-4-13(7-11)18(21)22-9-16-19-17(20-25-16)12-5-6-14-15(8-12)24-10-23-14/h2-8H,9-10H2,1H3. The van der Waals surface area contributed by atoms with E-state index in [1.54, 1.807) is 36.4 Å². The Balaban J connectivity index is 1.44. The van der Waals surface area contributed by atoms with Crippen molar-refractivity contribution in [2.24, 2.45) is 0 Å². The first kappa shape index (κ1) is 15.2. The van der Waals surface area contributed by atoms with Crippen molar-refractivity contribution in [1.29, 1.82) is 0 Å². The molecule has 7 heteroatoms. The lowest BCUT2D eigenvalue weighted by molar-refractivity contribution is 0.0429. The maximum Gasteiger partial charge on any atom is 0.338 e. The molecule has 3 aromatic rings. The van der Waals surface area contributed by atoms with Crippen molar-refractivity contribution in [3.63, 3.8) is 0 Å². The smallest absolute Gasteiger partial charge is 0.338 e. The number of aryl methyl sites for hydroxylation is 1. The van der Waals surface area contributed by atoms with Gasteiger partial charge in [-0.15, -0.1) is 0 Å². The number of hydrogen-bond donors (Lipinski definition) is 0. The second kappa shape index (κ2) is 6.27. The lowest BCUT2D eigenvalue weighted by Crippen LogP contribution is -2.05. The maximum atomic E-state index is 12.0.